The first-order chi connectivity index (χ1) is 12.2. The minimum atomic E-state index is -4.61. The molecular weight excluding hydrogens is 352 g/mol. The highest BCUT2D eigenvalue weighted by Crippen LogP contribution is 2.61. The molecule has 2 N–H and O–H groups in total. The summed E-state index contributed by atoms with van der Waals surface area (Å²) in [5.41, 5.74) is 2.59. The Morgan fingerprint density at radius 2 is 2.04 bits per heavy atom. The van der Waals surface area contributed by atoms with Gasteiger partial charge < -0.3 is 9.29 Å². The van der Waals surface area contributed by atoms with Crippen molar-refractivity contribution in [2.24, 2.45) is 17.3 Å². The maximum absolute atomic E-state index is 11.1. The van der Waals surface area contributed by atoms with Crippen LogP contribution in [0.5, 0.6) is 5.75 Å². The molecule has 6 heteroatoms. The molecule has 1 aromatic carbocycles. The molecule has 0 saturated heterocycles. The van der Waals surface area contributed by atoms with Crippen LogP contribution >= 0.6 is 0 Å². The summed E-state index contributed by atoms with van der Waals surface area (Å²) < 4.78 is 35.9. The molecule has 26 heavy (non-hydrogen) atoms. The molecule has 3 aliphatic carbocycles. The number of hydrogen-bond acceptors (Lipinski definition) is 4. The van der Waals surface area contributed by atoms with Crippen molar-refractivity contribution in [2.75, 3.05) is 0 Å². The van der Waals surface area contributed by atoms with Crippen LogP contribution in [0.3, 0.4) is 0 Å². The molecular formula is C20H24O5S. The first-order valence-corrected chi connectivity index (χ1v) is 10.6. The Bertz CT molecular complexity index is 884. The number of benzene rings is 1. The third-order valence-corrected chi connectivity index (χ3v) is 7.52. The third-order valence-electron chi connectivity index (χ3n) is 7.13. The van der Waals surface area contributed by atoms with Gasteiger partial charge in [0, 0.05) is 0 Å². The van der Waals surface area contributed by atoms with Crippen LogP contribution in [0.4, 0.5) is 0 Å². The van der Waals surface area contributed by atoms with Crippen molar-refractivity contribution in [1.82, 2.24) is 0 Å². The Morgan fingerprint density at radius 1 is 1.27 bits per heavy atom. The molecule has 5 nitrogen and oxygen atoms in total. The standard InChI is InChI=1S/C20H24O5S/c1-3-12-10-16-13(11-18(12)25-26(22,23)24)4-5-15-14(16)8-9-20(2)17(15)6-7-19(20)21/h1,10-11,14-15,17,19,21H,4-9H2,2H3,(H,22,23,24)/t14-,15+,17-,19-,20-/m0/s1. The number of rotatable bonds is 2. The van der Waals surface area contributed by atoms with Crippen LogP contribution in [0.15, 0.2) is 12.1 Å². The van der Waals surface area contributed by atoms with Gasteiger partial charge in [0.15, 0.2) is 5.75 Å². The first-order valence-electron chi connectivity index (χ1n) is 9.21. The van der Waals surface area contributed by atoms with Crippen LogP contribution in [-0.4, -0.2) is 24.2 Å². The molecule has 2 fully saturated rings. The van der Waals surface area contributed by atoms with Gasteiger partial charge in [-0.15, -0.1) is 6.42 Å². The van der Waals surface area contributed by atoms with Gasteiger partial charge >= 0.3 is 10.4 Å². The van der Waals surface area contributed by atoms with Crippen molar-refractivity contribution < 1.29 is 22.3 Å². The molecule has 0 amide bonds. The Balaban J connectivity index is 1.72. The lowest BCUT2D eigenvalue weighted by Gasteiger charge is -2.50. The molecule has 3 aliphatic rings. The highest BCUT2D eigenvalue weighted by atomic mass is 32.3. The van der Waals surface area contributed by atoms with Crippen LogP contribution in [0.1, 0.15) is 61.6 Å². The van der Waals surface area contributed by atoms with Crippen molar-refractivity contribution in [3.05, 3.63) is 28.8 Å². The van der Waals surface area contributed by atoms with E-state index in [2.05, 4.69) is 17.0 Å². The van der Waals surface area contributed by atoms with Crippen molar-refractivity contribution in [1.29, 1.82) is 0 Å². The second-order valence-electron chi connectivity index (χ2n) is 8.26. The summed E-state index contributed by atoms with van der Waals surface area (Å²) in [4.78, 5) is 0. The predicted molar refractivity (Wildman–Crippen MR) is 97.2 cm³/mol. The second kappa shape index (κ2) is 5.98. The van der Waals surface area contributed by atoms with E-state index in [1.807, 2.05) is 6.07 Å². The fourth-order valence-corrected chi connectivity index (χ4v) is 6.23. The summed E-state index contributed by atoms with van der Waals surface area (Å²) in [6.45, 7) is 2.23. The van der Waals surface area contributed by atoms with E-state index in [1.165, 1.54) is 5.56 Å². The van der Waals surface area contributed by atoms with Crippen LogP contribution in [0, 0.1) is 29.6 Å². The van der Waals surface area contributed by atoms with Gasteiger partial charge in [0.05, 0.1) is 11.7 Å². The topological polar surface area (TPSA) is 83.8 Å². The quantitative estimate of drug-likeness (QED) is 0.612. The molecule has 0 aromatic heterocycles. The Kier molecular flexibility index (Phi) is 4.11. The van der Waals surface area contributed by atoms with Gasteiger partial charge in [-0.2, -0.15) is 8.42 Å². The van der Waals surface area contributed by atoms with Gasteiger partial charge in [-0.05, 0) is 85.0 Å². The Morgan fingerprint density at radius 3 is 2.73 bits per heavy atom. The van der Waals surface area contributed by atoms with Crippen LogP contribution in [0.2, 0.25) is 0 Å². The first kappa shape index (κ1) is 17.8. The summed E-state index contributed by atoms with van der Waals surface area (Å²) >= 11 is 0. The smallest absolute Gasteiger partial charge is 0.393 e. The van der Waals surface area contributed by atoms with E-state index in [4.69, 9.17) is 11.0 Å². The van der Waals surface area contributed by atoms with E-state index in [9.17, 15) is 13.5 Å². The van der Waals surface area contributed by atoms with Crippen LogP contribution in [-0.2, 0) is 16.8 Å². The lowest BCUT2D eigenvalue weighted by Crippen LogP contribution is -2.43. The molecule has 5 atom stereocenters. The molecule has 2 saturated carbocycles. The van der Waals surface area contributed by atoms with Crippen molar-refractivity contribution in [3.8, 4) is 18.1 Å². The van der Waals surface area contributed by atoms with E-state index in [0.29, 0.717) is 23.3 Å². The van der Waals surface area contributed by atoms with E-state index in [1.54, 1.807) is 6.07 Å². The third kappa shape index (κ3) is 2.74. The number of terminal acetylenes is 1. The molecule has 0 bridgehead atoms. The maximum Gasteiger partial charge on any atom is 0.446 e. The predicted octanol–water partition coefficient (Wildman–Crippen LogP) is 3.07. The average molecular weight is 376 g/mol. The second-order valence-corrected chi connectivity index (χ2v) is 9.28. The van der Waals surface area contributed by atoms with Gasteiger partial charge in [-0.1, -0.05) is 12.8 Å². The number of aryl methyl sites for hydroxylation is 1. The molecule has 1 aromatic rings. The number of aliphatic hydroxyl groups excluding tert-OH is 1. The highest BCUT2D eigenvalue weighted by molar-refractivity contribution is 7.81. The average Bonchev–Trinajstić information content (AvgIpc) is 2.88. The molecule has 4 rings (SSSR count). The van der Waals surface area contributed by atoms with E-state index in [0.717, 1.165) is 44.1 Å². The SMILES string of the molecule is C#Cc1cc2c(cc1OS(=O)(=O)O)CC[C@@H]1[C@@H]2CC[C@]2(C)[C@@H](O)CC[C@@H]12. The maximum atomic E-state index is 11.1. The van der Waals surface area contributed by atoms with E-state index < -0.39 is 10.4 Å². The molecule has 0 unspecified atom stereocenters. The zero-order chi connectivity index (χ0) is 18.7. The van der Waals surface area contributed by atoms with Crippen molar-refractivity contribution in [2.45, 2.75) is 57.5 Å². The van der Waals surface area contributed by atoms with E-state index in [-0.39, 0.29) is 17.3 Å². The highest BCUT2D eigenvalue weighted by Gasteiger charge is 2.54. The van der Waals surface area contributed by atoms with Crippen LogP contribution < -0.4 is 4.18 Å². The number of fused-ring (bicyclic) bond motifs is 5. The fourth-order valence-electron chi connectivity index (χ4n) is 5.87. The van der Waals surface area contributed by atoms with Gasteiger partial charge in [0.25, 0.3) is 0 Å². The lowest BCUT2D eigenvalue weighted by atomic mass is 9.55. The van der Waals surface area contributed by atoms with Crippen LogP contribution in [0.25, 0.3) is 0 Å². The van der Waals surface area contributed by atoms with E-state index >= 15 is 0 Å². The van der Waals surface area contributed by atoms with Gasteiger partial charge in [-0.25, -0.2) is 0 Å². The largest absolute Gasteiger partial charge is 0.446 e. The van der Waals surface area contributed by atoms with Crippen molar-refractivity contribution >= 4 is 10.4 Å². The summed E-state index contributed by atoms with van der Waals surface area (Å²) in [5.74, 6) is 3.93. The normalized spacial score (nSPS) is 35.8. The molecule has 140 valence electrons. The number of aliphatic hydroxyl groups is 1. The summed E-state index contributed by atoms with van der Waals surface area (Å²) in [6, 6.07) is 3.53. The van der Waals surface area contributed by atoms with Gasteiger partial charge in [-0.3, -0.25) is 4.55 Å². The summed E-state index contributed by atoms with van der Waals surface area (Å²) in [5, 5.41) is 10.5. The summed E-state index contributed by atoms with van der Waals surface area (Å²) in [7, 11) is -4.61. The fraction of sp³-hybridized carbons (Fsp3) is 0.600. The van der Waals surface area contributed by atoms with Gasteiger partial charge in [0.1, 0.15) is 0 Å². The number of hydrogen-bond donors (Lipinski definition) is 2. The summed E-state index contributed by atoms with van der Waals surface area (Å²) in [6.07, 6.45) is 11.1. The van der Waals surface area contributed by atoms with Gasteiger partial charge in [0.2, 0.25) is 0 Å². The zero-order valence-corrected chi connectivity index (χ0v) is 15.6. The van der Waals surface area contributed by atoms with Crippen molar-refractivity contribution in [3.63, 3.8) is 0 Å². The minimum Gasteiger partial charge on any atom is -0.393 e. The lowest BCUT2D eigenvalue weighted by molar-refractivity contribution is -0.0226. The minimum absolute atomic E-state index is 0.0155. The molecule has 0 spiro atoms. The Labute approximate surface area is 154 Å². The zero-order valence-electron chi connectivity index (χ0n) is 14.8. The molecule has 0 radical (unpaired) electrons. The Hall–Kier alpha value is -1.55. The molecule has 0 heterocycles. The molecule has 0 aliphatic heterocycles. The monoisotopic (exact) mass is 376 g/mol.